The molecule has 0 amide bonds. The Morgan fingerprint density at radius 2 is 2.24 bits per heavy atom. The van der Waals surface area contributed by atoms with Crippen molar-refractivity contribution < 1.29 is 5.11 Å². The average Bonchev–Trinajstić information content (AvgIpc) is 2.37. The minimum absolute atomic E-state index is 0.160. The van der Waals surface area contributed by atoms with Crippen LogP contribution in [0.2, 0.25) is 0 Å². The van der Waals surface area contributed by atoms with E-state index in [4.69, 9.17) is 5.11 Å². The maximum Gasteiger partial charge on any atom is 0.128 e. The molecule has 4 heteroatoms. The van der Waals surface area contributed by atoms with Crippen molar-refractivity contribution in [3.63, 3.8) is 0 Å². The first-order valence-corrected chi connectivity index (χ1v) is 6.22. The van der Waals surface area contributed by atoms with E-state index in [2.05, 4.69) is 35.1 Å². The lowest BCUT2D eigenvalue weighted by Crippen LogP contribution is -2.28. The zero-order valence-corrected chi connectivity index (χ0v) is 11.0. The van der Waals surface area contributed by atoms with Gasteiger partial charge in [0, 0.05) is 25.3 Å². The maximum absolute atomic E-state index is 9.07. The molecular formula is C13H23N3O. The van der Waals surface area contributed by atoms with Crippen LogP contribution in [0.1, 0.15) is 31.9 Å². The van der Waals surface area contributed by atoms with E-state index in [-0.39, 0.29) is 6.61 Å². The quantitative estimate of drug-likeness (QED) is 0.756. The van der Waals surface area contributed by atoms with Gasteiger partial charge in [0.15, 0.2) is 0 Å². The molecule has 96 valence electrons. The molecule has 0 saturated carbocycles. The predicted octanol–water partition coefficient (Wildman–Crippen LogP) is 1.57. The topological polar surface area (TPSA) is 48.4 Å². The highest BCUT2D eigenvalue weighted by molar-refractivity contribution is 5.41. The van der Waals surface area contributed by atoms with Crippen molar-refractivity contribution in [3.05, 3.63) is 23.9 Å². The van der Waals surface area contributed by atoms with Crippen LogP contribution in [0.15, 0.2) is 18.3 Å². The summed E-state index contributed by atoms with van der Waals surface area (Å²) in [7, 11) is 1.95. The van der Waals surface area contributed by atoms with Crippen molar-refractivity contribution in [3.8, 4) is 0 Å². The molecule has 0 spiro atoms. The predicted molar refractivity (Wildman–Crippen MR) is 71.3 cm³/mol. The first-order chi connectivity index (χ1) is 8.22. The molecule has 0 aliphatic heterocycles. The van der Waals surface area contributed by atoms with Gasteiger partial charge in [-0.05, 0) is 38.1 Å². The third-order valence-corrected chi connectivity index (χ3v) is 2.89. The van der Waals surface area contributed by atoms with Crippen LogP contribution >= 0.6 is 0 Å². The van der Waals surface area contributed by atoms with Crippen LogP contribution in [-0.4, -0.2) is 36.8 Å². The van der Waals surface area contributed by atoms with Crippen molar-refractivity contribution >= 4 is 5.82 Å². The van der Waals surface area contributed by atoms with Crippen molar-refractivity contribution in [1.29, 1.82) is 0 Å². The second-order valence-corrected chi connectivity index (χ2v) is 4.17. The van der Waals surface area contributed by atoms with Gasteiger partial charge in [0.25, 0.3) is 0 Å². The second-order valence-electron chi connectivity index (χ2n) is 4.17. The average molecular weight is 237 g/mol. The summed E-state index contributed by atoms with van der Waals surface area (Å²) >= 11 is 0. The summed E-state index contributed by atoms with van der Waals surface area (Å²) in [5, 5.41) is 12.3. The van der Waals surface area contributed by atoms with E-state index >= 15 is 0 Å². The molecule has 0 aliphatic rings. The monoisotopic (exact) mass is 237 g/mol. The van der Waals surface area contributed by atoms with Crippen LogP contribution in [0.5, 0.6) is 0 Å². The van der Waals surface area contributed by atoms with Crippen molar-refractivity contribution in [1.82, 2.24) is 10.3 Å². The van der Waals surface area contributed by atoms with E-state index in [0.717, 1.165) is 18.8 Å². The number of aromatic nitrogens is 1. The van der Waals surface area contributed by atoms with Gasteiger partial charge in [0.1, 0.15) is 5.82 Å². The number of aliphatic hydroxyl groups excluding tert-OH is 1. The first-order valence-electron chi connectivity index (χ1n) is 6.22. The molecule has 1 atom stereocenters. The molecule has 0 fully saturated rings. The Labute approximate surface area is 104 Å². The number of aliphatic hydroxyl groups is 1. The van der Waals surface area contributed by atoms with Crippen LogP contribution in [0.3, 0.4) is 0 Å². The van der Waals surface area contributed by atoms with Crippen molar-refractivity contribution in [2.24, 2.45) is 0 Å². The first kappa shape index (κ1) is 13.9. The molecule has 1 unspecified atom stereocenters. The number of nitrogens with zero attached hydrogens (tertiary/aromatic N) is 2. The normalized spacial score (nSPS) is 12.5. The van der Waals surface area contributed by atoms with E-state index in [0.29, 0.717) is 12.6 Å². The van der Waals surface area contributed by atoms with Crippen LogP contribution < -0.4 is 10.2 Å². The molecule has 17 heavy (non-hydrogen) atoms. The Kier molecular flexibility index (Phi) is 5.94. The number of rotatable bonds is 7. The number of hydrogen-bond acceptors (Lipinski definition) is 4. The van der Waals surface area contributed by atoms with Gasteiger partial charge in [-0.1, -0.05) is 6.92 Å². The SMILES string of the molecule is CCCN(CCO)c1cc(C(C)NC)ccn1. The molecule has 0 saturated heterocycles. The molecule has 0 bridgehead atoms. The Morgan fingerprint density at radius 3 is 2.82 bits per heavy atom. The number of hydrogen-bond donors (Lipinski definition) is 2. The molecule has 2 N–H and O–H groups in total. The van der Waals surface area contributed by atoms with Crippen LogP contribution in [0, 0.1) is 0 Å². The molecule has 1 aromatic rings. The van der Waals surface area contributed by atoms with E-state index in [1.807, 2.05) is 19.3 Å². The third-order valence-electron chi connectivity index (χ3n) is 2.89. The molecule has 0 aromatic carbocycles. The molecule has 4 nitrogen and oxygen atoms in total. The maximum atomic E-state index is 9.07. The van der Waals surface area contributed by atoms with Gasteiger partial charge in [0.05, 0.1) is 6.61 Å². The van der Waals surface area contributed by atoms with Gasteiger partial charge in [-0.25, -0.2) is 4.98 Å². The fourth-order valence-corrected chi connectivity index (χ4v) is 1.77. The summed E-state index contributed by atoms with van der Waals surface area (Å²) in [6.07, 6.45) is 2.88. The summed E-state index contributed by atoms with van der Waals surface area (Å²) in [6, 6.07) is 4.43. The summed E-state index contributed by atoms with van der Waals surface area (Å²) in [4.78, 5) is 6.50. The second kappa shape index (κ2) is 7.25. The largest absolute Gasteiger partial charge is 0.395 e. The minimum Gasteiger partial charge on any atom is -0.395 e. The molecule has 1 heterocycles. The van der Waals surface area contributed by atoms with Crippen LogP contribution in [-0.2, 0) is 0 Å². The Hall–Kier alpha value is -1.13. The highest BCUT2D eigenvalue weighted by atomic mass is 16.3. The van der Waals surface area contributed by atoms with Gasteiger partial charge in [-0.3, -0.25) is 0 Å². The lowest BCUT2D eigenvalue weighted by atomic mass is 10.1. The summed E-state index contributed by atoms with van der Waals surface area (Å²) < 4.78 is 0. The van der Waals surface area contributed by atoms with Crippen molar-refractivity contribution in [2.75, 3.05) is 31.6 Å². The molecular weight excluding hydrogens is 214 g/mol. The molecule has 0 aliphatic carbocycles. The molecule has 1 aromatic heterocycles. The Bertz CT molecular complexity index is 324. The zero-order chi connectivity index (χ0) is 12.7. The van der Waals surface area contributed by atoms with Gasteiger partial charge in [0.2, 0.25) is 0 Å². The van der Waals surface area contributed by atoms with E-state index in [1.54, 1.807) is 0 Å². The van der Waals surface area contributed by atoms with Crippen LogP contribution in [0.25, 0.3) is 0 Å². The summed E-state index contributed by atoms with van der Waals surface area (Å²) in [5.41, 5.74) is 1.22. The summed E-state index contributed by atoms with van der Waals surface area (Å²) in [5.74, 6) is 0.945. The molecule has 0 radical (unpaired) electrons. The smallest absolute Gasteiger partial charge is 0.128 e. The molecule has 1 rings (SSSR count). The van der Waals surface area contributed by atoms with Gasteiger partial charge in [-0.2, -0.15) is 0 Å². The number of anilines is 1. The summed E-state index contributed by atoms with van der Waals surface area (Å²) in [6.45, 7) is 5.97. The van der Waals surface area contributed by atoms with E-state index in [1.165, 1.54) is 5.56 Å². The van der Waals surface area contributed by atoms with Gasteiger partial charge < -0.3 is 15.3 Å². The third kappa shape index (κ3) is 3.98. The highest BCUT2D eigenvalue weighted by Gasteiger charge is 2.09. The fourth-order valence-electron chi connectivity index (χ4n) is 1.77. The zero-order valence-electron chi connectivity index (χ0n) is 11.0. The number of nitrogens with one attached hydrogen (secondary N) is 1. The van der Waals surface area contributed by atoms with Gasteiger partial charge >= 0.3 is 0 Å². The number of pyridine rings is 1. The highest BCUT2D eigenvalue weighted by Crippen LogP contribution is 2.17. The Balaban J connectivity index is 2.87. The lowest BCUT2D eigenvalue weighted by Gasteiger charge is -2.23. The van der Waals surface area contributed by atoms with Gasteiger partial charge in [-0.15, -0.1) is 0 Å². The minimum atomic E-state index is 0.160. The fraction of sp³-hybridized carbons (Fsp3) is 0.615. The standard InChI is InChI=1S/C13H23N3O/c1-4-7-16(8-9-17)13-10-12(5-6-15-13)11(2)14-3/h5-6,10-11,14,17H,4,7-9H2,1-3H3. The van der Waals surface area contributed by atoms with Crippen molar-refractivity contribution in [2.45, 2.75) is 26.3 Å². The van der Waals surface area contributed by atoms with Crippen LogP contribution in [0.4, 0.5) is 5.82 Å². The Morgan fingerprint density at radius 1 is 1.47 bits per heavy atom. The van der Waals surface area contributed by atoms with E-state index < -0.39 is 0 Å². The van der Waals surface area contributed by atoms with E-state index in [9.17, 15) is 0 Å². The lowest BCUT2D eigenvalue weighted by molar-refractivity contribution is 0.301.